The SMILES string of the molecule is CN=C(NCC(c1cccs1)N1CCCC1)N1CCC(c2ccc(OC)cc2)C1.I. The summed E-state index contributed by atoms with van der Waals surface area (Å²) in [7, 11) is 3.62. The lowest BCUT2D eigenvalue weighted by molar-refractivity contribution is 0.247. The molecule has 1 aromatic carbocycles. The lowest BCUT2D eigenvalue weighted by Gasteiger charge is -2.29. The van der Waals surface area contributed by atoms with Crippen molar-refractivity contribution in [1.82, 2.24) is 15.1 Å². The molecular formula is C23H33IN4OS. The van der Waals surface area contributed by atoms with Gasteiger partial charge in [-0.15, -0.1) is 35.3 Å². The summed E-state index contributed by atoms with van der Waals surface area (Å²) < 4.78 is 5.29. The topological polar surface area (TPSA) is 40.1 Å². The van der Waals surface area contributed by atoms with Crippen LogP contribution >= 0.6 is 35.3 Å². The molecule has 0 spiro atoms. The van der Waals surface area contributed by atoms with Gasteiger partial charge in [0.25, 0.3) is 0 Å². The van der Waals surface area contributed by atoms with Crippen LogP contribution in [-0.2, 0) is 0 Å². The van der Waals surface area contributed by atoms with Gasteiger partial charge in [-0.1, -0.05) is 18.2 Å². The van der Waals surface area contributed by atoms with Gasteiger partial charge in [0, 0.05) is 37.5 Å². The second-order valence-corrected chi connectivity index (χ2v) is 8.89. The van der Waals surface area contributed by atoms with E-state index in [1.807, 2.05) is 18.4 Å². The maximum absolute atomic E-state index is 5.29. The molecular weight excluding hydrogens is 507 g/mol. The van der Waals surface area contributed by atoms with Crippen molar-refractivity contribution >= 4 is 41.3 Å². The van der Waals surface area contributed by atoms with Gasteiger partial charge < -0.3 is 15.0 Å². The lowest BCUT2D eigenvalue weighted by Crippen LogP contribution is -2.44. The van der Waals surface area contributed by atoms with Gasteiger partial charge in [0.05, 0.1) is 13.2 Å². The first-order valence-electron chi connectivity index (χ1n) is 10.7. The lowest BCUT2D eigenvalue weighted by atomic mass is 9.98. The monoisotopic (exact) mass is 540 g/mol. The Morgan fingerprint density at radius 3 is 2.60 bits per heavy atom. The first-order valence-corrected chi connectivity index (χ1v) is 11.5. The van der Waals surface area contributed by atoms with Crippen LogP contribution in [-0.4, -0.2) is 62.6 Å². The number of hydrogen-bond acceptors (Lipinski definition) is 4. The average molecular weight is 541 g/mol. The molecule has 164 valence electrons. The highest BCUT2D eigenvalue weighted by Gasteiger charge is 2.28. The molecule has 2 aliphatic heterocycles. The van der Waals surface area contributed by atoms with Gasteiger partial charge in [-0.2, -0.15) is 0 Å². The highest BCUT2D eigenvalue weighted by Crippen LogP contribution is 2.30. The van der Waals surface area contributed by atoms with Gasteiger partial charge in [-0.05, 0) is 61.5 Å². The largest absolute Gasteiger partial charge is 0.497 e. The summed E-state index contributed by atoms with van der Waals surface area (Å²) in [6, 6.07) is 13.4. The third-order valence-corrected chi connectivity index (χ3v) is 7.17. The zero-order chi connectivity index (χ0) is 20.1. The number of likely N-dealkylation sites (tertiary alicyclic amines) is 2. The van der Waals surface area contributed by atoms with E-state index in [1.165, 1.54) is 36.4 Å². The van der Waals surface area contributed by atoms with Gasteiger partial charge >= 0.3 is 0 Å². The maximum atomic E-state index is 5.29. The molecule has 0 bridgehead atoms. The summed E-state index contributed by atoms with van der Waals surface area (Å²) in [6.45, 7) is 5.37. The number of methoxy groups -OCH3 is 1. The Hall–Kier alpha value is -1.32. The standard InChI is InChI=1S/C23H32N4OS.HI/c1-24-23(25-16-21(22-6-5-15-29-22)26-12-3-4-13-26)27-14-11-19(17-27)18-7-9-20(28-2)10-8-18;/h5-10,15,19,21H,3-4,11-14,16-17H2,1-2H3,(H,24,25);1H. The first kappa shape index (κ1) is 23.3. The number of halogens is 1. The smallest absolute Gasteiger partial charge is 0.193 e. The normalized spacial score (nSPS) is 20.8. The molecule has 5 nitrogen and oxygen atoms in total. The third-order valence-electron chi connectivity index (χ3n) is 6.19. The van der Waals surface area contributed by atoms with E-state index in [4.69, 9.17) is 4.74 Å². The second-order valence-electron chi connectivity index (χ2n) is 7.91. The van der Waals surface area contributed by atoms with Crippen molar-refractivity contribution in [2.75, 3.05) is 46.9 Å². The van der Waals surface area contributed by atoms with Crippen LogP contribution in [0.3, 0.4) is 0 Å². The van der Waals surface area contributed by atoms with Gasteiger partial charge in [-0.25, -0.2) is 0 Å². The Kier molecular flexibility index (Phi) is 8.83. The minimum atomic E-state index is 0. The number of benzene rings is 1. The second kappa shape index (κ2) is 11.3. The average Bonchev–Trinajstić information content (AvgIpc) is 3.54. The molecule has 4 rings (SSSR count). The molecule has 0 amide bonds. The fourth-order valence-electron chi connectivity index (χ4n) is 4.56. The van der Waals surface area contributed by atoms with Crippen molar-refractivity contribution in [3.05, 3.63) is 52.2 Å². The molecule has 0 aliphatic carbocycles. The van der Waals surface area contributed by atoms with E-state index in [0.29, 0.717) is 12.0 Å². The van der Waals surface area contributed by atoms with Crippen LogP contribution in [0.25, 0.3) is 0 Å². The first-order chi connectivity index (χ1) is 14.3. The van der Waals surface area contributed by atoms with Crippen molar-refractivity contribution in [3.63, 3.8) is 0 Å². The molecule has 0 radical (unpaired) electrons. The summed E-state index contributed by atoms with van der Waals surface area (Å²) in [5, 5.41) is 5.88. The summed E-state index contributed by atoms with van der Waals surface area (Å²) in [4.78, 5) is 11.1. The molecule has 2 unspecified atom stereocenters. The maximum Gasteiger partial charge on any atom is 0.193 e. The summed E-state index contributed by atoms with van der Waals surface area (Å²) in [5.41, 5.74) is 1.39. The van der Waals surface area contributed by atoms with Crippen molar-refractivity contribution in [2.45, 2.75) is 31.2 Å². The number of rotatable bonds is 6. The molecule has 2 aliphatic rings. The van der Waals surface area contributed by atoms with Crippen LogP contribution in [0.5, 0.6) is 5.75 Å². The highest BCUT2D eigenvalue weighted by atomic mass is 127. The predicted molar refractivity (Wildman–Crippen MR) is 137 cm³/mol. The number of hydrogen-bond donors (Lipinski definition) is 1. The van der Waals surface area contributed by atoms with Crippen molar-refractivity contribution < 1.29 is 4.74 Å². The molecule has 3 heterocycles. The molecule has 1 aromatic heterocycles. The van der Waals surface area contributed by atoms with E-state index in [0.717, 1.165) is 37.8 Å². The fraction of sp³-hybridized carbons (Fsp3) is 0.522. The van der Waals surface area contributed by atoms with Gasteiger partial charge in [0.2, 0.25) is 0 Å². The van der Waals surface area contributed by atoms with Crippen LogP contribution in [0.2, 0.25) is 0 Å². The highest BCUT2D eigenvalue weighted by molar-refractivity contribution is 14.0. The molecule has 2 fully saturated rings. The molecule has 7 heteroatoms. The van der Waals surface area contributed by atoms with E-state index in [9.17, 15) is 0 Å². The number of guanidine groups is 1. The molecule has 1 N–H and O–H groups in total. The zero-order valence-electron chi connectivity index (χ0n) is 17.9. The molecule has 2 atom stereocenters. The molecule has 2 saturated heterocycles. The van der Waals surface area contributed by atoms with Gasteiger partial charge in [0.1, 0.15) is 5.75 Å². The fourth-order valence-corrected chi connectivity index (χ4v) is 5.43. The molecule has 2 aromatic rings. The minimum Gasteiger partial charge on any atom is -0.497 e. The Morgan fingerprint density at radius 1 is 1.20 bits per heavy atom. The number of ether oxygens (including phenoxy) is 1. The minimum absolute atomic E-state index is 0. The number of nitrogens with one attached hydrogen (secondary N) is 1. The summed E-state index contributed by atoms with van der Waals surface area (Å²) in [5.74, 6) is 2.50. The quantitative estimate of drug-likeness (QED) is 0.331. The van der Waals surface area contributed by atoms with Crippen LogP contribution < -0.4 is 10.1 Å². The van der Waals surface area contributed by atoms with Crippen molar-refractivity contribution in [1.29, 1.82) is 0 Å². The Bertz CT molecular complexity index is 790. The Labute approximate surface area is 201 Å². The van der Waals surface area contributed by atoms with E-state index in [2.05, 4.69) is 61.9 Å². The van der Waals surface area contributed by atoms with Crippen LogP contribution in [0.1, 0.15) is 41.7 Å². The van der Waals surface area contributed by atoms with E-state index < -0.39 is 0 Å². The summed E-state index contributed by atoms with van der Waals surface area (Å²) in [6.07, 6.45) is 3.78. The van der Waals surface area contributed by atoms with Crippen LogP contribution in [0.4, 0.5) is 0 Å². The van der Waals surface area contributed by atoms with Crippen molar-refractivity contribution in [2.24, 2.45) is 4.99 Å². The number of aliphatic imine (C=N–C) groups is 1. The van der Waals surface area contributed by atoms with Crippen LogP contribution in [0, 0.1) is 0 Å². The Balaban J connectivity index is 0.00000256. The van der Waals surface area contributed by atoms with Gasteiger partial charge in [0.15, 0.2) is 5.96 Å². The van der Waals surface area contributed by atoms with Crippen molar-refractivity contribution in [3.8, 4) is 5.75 Å². The zero-order valence-corrected chi connectivity index (χ0v) is 21.1. The van der Waals surface area contributed by atoms with E-state index in [1.54, 1.807) is 7.11 Å². The van der Waals surface area contributed by atoms with E-state index in [-0.39, 0.29) is 24.0 Å². The Morgan fingerprint density at radius 2 is 1.97 bits per heavy atom. The van der Waals surface area contributed by atoms with E-state index >= 15 is 0 Å². The number of nitrogens with zero attached hydrogens (tertiary/aromatic N) is 3. The number of thiophene rings is 1. The predicted octanol–water partition coefficient (Wildman–Crippen LogP) is 4.58. The molecule has 30 heavy (non-hydrogen) atoms. The summed E-state index contributed by atoms with van der Waals surface area (Å²) >= 11 is 1.86. The third kappa shape index (κ3) is 5.48. The van der Waals surface area contributed by atoms with Crippen LogP contribution in [0.15, 0.2) is 46.8 Å². The van der Waals surface area contributed by atoms with Gasteiger partial charge in [-0.3, -0.25) is 9.89 Å². The molecule has 0 saturated carbocycles.